The predicted molar refractivity (Wildman–Crippen MR) is 102 cm³/mol. The van der Waals surface area contributed by atoms with E-state index < -0.39 is 0 Å². The van der Waals surface area contributed by atoms with Gasteiger partial charge in [-0.05, 0) is 36.9 Å². The Kier molecular flexibility index (Phi) is 8.10. The molecule has 0 saturated carbocycles. The Balaban J connectivity index is 1.80. The molecule has 0 bridgehead atoms. The second-order valence-electron chi connectivity index (χ2n) is 5.73. The van der Waals surface area contributed by atoms with E-state index in [1.54, 1.807) is 0 Å². The third-order valence-electron chi connectivity index (χ3n) is 4.08. The minimum Gasteiger partial charge on any atom is -0.489 e. The lowest BCUT2D eigenvalue weighted by Gasteiger charge is -2.18. The van der Waals surface area contributed by atoms with Crippen molar-refractivity contribution in [2.75, 3.05) is 26.2 Å². The Hall–Kier alpha value is -1.55. The van der Waals surface area contributed by atoms with Crippen molar-refractivity contribution in [2.24, 2.45) is 0 Å². The molecule has 0 amide bonds. The molecule has 0 aliphatic rings. The summed E-state index contributed by atoms with van der Waals surface area (Å²) in [5, 5.41) is 4.23. The van der Waals surface area contributed by atoms with Crippen molar-refractivity contribution in [1.29, 1.82) is 0 Å². The lowest BCUT2D eigenvalue weighted by Crippen LogP contribution is -2.31. The first-order valence-electron chi connectivity index (χ1n) is 8.61. The van der Waals surface area contributed by atoms with Crippen molar-refractivity contribution in [1.82, 2.24) is 10.2 Å². The van der Waals surface area contributed by atoms with Gasteiger partial charge in [0, 0.05) is 30.2 Å². The summed E-state index contributed by atoms with van der Waals surface area (Å²) in [7, 11) is 0. The van der Waals surface area contributed by atoms with Gasteiger partial charge in [0.2, 0.25) is 0 Å². The van der Waals surface area contributed by atoms with Crippen molar-refractivity contribution < 1.29 is 4.74 Å². The molecule has 130 valence electrons. The molecule has 0 aromatic heterocycles. The van der Waals surface area contributed by atoms with Crippen LogP contribution in [0.3, 0.4) is 0 Å². The first-order chi connectivity index (χ1) is 11.7. The zero-order valence-corrected chi connectivity index (χ0v) is 15.4. The van der Waals surface area contributed by atoms with Crippen molar-refractivity contribution in [2.45, 2.75) is 27.0 Å². The Bertz CT molecular complexity index is 614. The summed E-state index contributed by atoms with van der Waals surface area (Å²) in [6.45, 7) is 10.0. The first kappa shape index (κ1) is 18.8. The molecule has 2 aromatic carbocycles. The molecule has 24 heavy (non-hydrogen) atoms. The fourth-order valence-electron chi connectivity index (χ4n) is 2.53. The zero-order chi connectivity index (χ0) is 17.2. The highest BCUT2D eigenvalue weighted by atomic mass is 35.5. The minimum absolute atomic E-state index is 0.485. The summed E-state index contributed by atoms with van der Waals surface area (Å²) >= 11 is 6.16. The van der Waals surface area contributed by atoms with Gasteiger partial charge in [0.15, 0.2) is 0 Å². The number of nitrogens with zero attached hydrogens (tertiary/aromatic N) is 1. The van der Waals surface area contributed by atoms with Gasteiger partial charge >= 0.3 is 0 Å². The average molecular weight is 347 g/mol. The number of rotatable bonds is 10. The van der Waals surface area contributed by atoms with Crippen LogP contribution in [0.15, 0.2) is 48.5 Å². The highest BCUT2D eigenvalue weighted by molar-refractivity contribution is 6.31. The monoisotopic (exact) mass is 346 g/mol. The molecule has 0 saturated heterocycles. The predicted octanol–water partition coefficient (Wildman–Crippen LogP) is 4.35. The molecular weight excluding hydrogens is 320 g/mol. The second-order valence-corrected chi connectivity index (χ2v) is 6.14. The molecule has 0 aliphatic carbocycles. The number of likely N-dealkylation sites (N-methyl/N-ethyl adjacent to an activating group) is 1. The quantitative estimate of drug-likeness (QED) is 0.647. The number of hydrogen-bond acceptors (Lipinski definition) is 3. The van der Waals surface area contributed by atoms with Crippen LogP contribution in [0.4, 0.5) is 0 Å². The first-order valence-corrected chi connectivity index (χ1v) is 8.99. The van der Waals surface area contributed by atoms with Crippen LogP contribution < -0.4 is 10.1 Å². The Labute approximate surface area is 150 Å². The van der Waals surface area contributed by atoms with Gasteiger partial charge in [-0.1, -0.05) is 55.8 Å². The van der Waals surface area contributed by atoms with E-state index in [-0.39, 0.29) is 0 Å². The molecule has 0 fully saturated rings. The highest BCUT2D eigenvalue weighted by Gasteiger charge is 2.02. The molecule has 2 aromatic rings. The molecule has 4 heteroatoms. The Morgan fingerprint density at radius 1 is 1.04 bits per heavy atom. The lowest BCUT2D eigenvalue weighted by molar-refractivity contribution is 0.301. The van der Waals surface area contributed by atoms with E-state index in [2.05, 4.69) is 36.2 Å². The molecule has 0 radical (unpaired) electrons. The maximum Gasteiger partial charge on any atom is 0.120 e. The minimum atomic E-state index is 0.485. The summed E-state index contributed by atoms with van der Waals surface area (Å²) in [5.74, 6) is 0.873. The number of hydrogen-bond donors (Lipinski definition) is 1. The van der Waals surface area contributed by atoms with Crippen LogP contribution in [-0.4, -0.2) is 31.1 Å². The van der Waals surface area contributed by atoms with Crippen LogP contribution in [0.2, 0.25) is 5.02 Å². The molecule has 0 unspecified atom stereocenters. The van der Waals surface area contributed by atoms with Crippen LogP contribution in [0.5, 0.6) is 5.75 Å². The number of ether oxygens (including phenoxy) is 1. The molecule has 3 nitrogen and oxygen atoms in total. The smallest absolute Gasteiger partial charge is 0.120 e. The SMILES string of the molecule is CCN(CC)CCNCc1cccc(OCc2ccccc2Cl)c1. The number of benzene rings is 2. The van der Waals surface area contributed by atoms with E-state index in [0.29, 0.717) is 6.61 Å². The van der Waals surface area contributed by atoms with E-state index in [1.807, 2.05) is 36.4 Å². The Morgan fingerprint density at radius 2 is 1.83 bits per heavy atom. The van der Waals surface area contributed by atoms with E-state index >= 15 is 0 Å². The van der Waals surface area contributed by atoms with Crippen molar-refractivity contribution in [3.05, 3.63) is 64.7 Å². The van der Waals surface area contributed by atoms with Gasteiger partial charge in [-0.2, -0.15) is 0 Å². The molecule has 0 spiro atoms. The molecule has 2 rings (SSSR count). The molecule has 0 atom stereocenters. The maximum atomic E-state index is 6.16. The van der Waals surface area contributed by atoms with Gasteiger partial charge < -0.3 is 15.0 Å². The molecule has 1 N–H and O–H groups in total. The van der Waals surface area contributed by atoms with Crippen LogP contribution in [-0.2, 0) is 13.2 Å². The fourth-order valence-corrected chi connectivity index (χ4v) is 2.72. The van der Waals surface area contributed by atoms with Crippen molar-refractivity contribution in [3.8, 4) is 5.75 Å². The van der Waals surface area contributed by atoms with Crippen molar-refractivity contribution in [3.63, 3.8) is 0 Å². The van der Waals surface area contributed by atoms with Crippen LogP contribution in [0.1, 0.15) is 25.0 Å². The van der Waals surface area contributed by atoms with Gasteiger partial charge in [-0.3, -0.25) is 0 Å². The molecule has 0 heterocycles. The zero-order valence-electron chi connectivity index (χ0n) is 14.6. The summed E-state index contributed by atoms with van der Waals surface area (Å²) in [6, 6.07) is 16.0. The van der Waals surface area contributed by atoms with Gasteiger partial charge in [0.1, 0.15) is 12.4 Å². The lowest BCUT2D eigenvalue weighted by atomic mass is 10.2. The topological polar surface area (TPSA) is 24.5 Å². The molecular formula is C20H27ClN2O. The van der Waals surface area contributed by atoms with Crippen molar-refractivity contribution >= 4 is 11.6 Å². The van der Waals surface area contributed by atoms with Crippen LogP contribution in [0.25, 0.3) is 0 Å². The largest absolute Gasteiger partial charge is 0.489 e. The second kappa shape index (κ2) is 10.3. The average Bonchev–Trinajstić information content (AvgIpc) is 2.61. The van der Waals surface area contributed by atoms with Crippen LogP contribution >= 0.6 is 11.6 Å². The van der Waals surface area contributed by atoms with Gasteiger partial charge in [-0.25, -0.2) is 0 Å². The third kappa shape index (κ3) is 6.16. The van der Waals surface area contributed by atoms with Gasteiger partial charge in [-0.15, -0.1) is 0 Å². The molecule has 0 aliphatic heterocycles. The van der Waals surface area contributed by atoms with E-state index in [1.165, 1.54) is 5.56 Å². The Morgan fingerprint density at radius 3 is 2.58 bits per heavy atom. The van der Waals surface area contributed by atoms with E-state index in [0.717, 1.165) is 49.1 Å². The highest BCUT2D eigenvalue weighted by Crippen LogP contribution is 2.19. The number of nitrogens with one attached hydrogen (secondary N) is 1. The summed E-state index contributed by atoms with van der Waals surface area (Å²) in [5.41, 5.74) is 2.23. The third-order valence-corrected chi connectivity index (χ3v) is 4.45. The normalized spacial score (nSPS) is 11.0. The van der Waals surface area contributed by atoms with E-state index in [4.69, 9.17) is 16.3 Å². The summed E-state index contributed by atoms with van der Waals surface area (Å²) in [6.07, 6.45) is 0. The summed E-state index contributed by atoms with van der Waals surface area (Å²) in [4.78, 5) is 2.41. The number of halogens is 1. The fraction of sp³-hybridized carbons (Fsp3) is 0.400. The van der Waals surface area contributed by atoms with Gasteiger partial charge in [0.25, 0.3) is 0 Å². The maximum absolute atomic E-state index is 6.16. The van der Waals surface area contributed by atoms with Gasteiger partial charge in [0.05, 0.1) is 0 Å². The summed E-state index contributed by atoms with van der Waals surface area (Å²) < 4.78 is 5.87. The standard InChI is InChI=1S/C20H27ClN2O/c1-3-23(4-2)13-12-22-15-17-8-7-10-19(14-17)24-16-18-9-5-6-11-20(18)21/h5-11,14,22H,3-4,12-13,15-16H2,1-2H3. The van der Waals surface area contributed by atoms with Crippen LogP contribution in [0, 0.1) is 0 Å². The van der Waals surface area contributed by atoms with E-state index in [9.17, 15) is 0 Å².